The molecule has 4 heteroatoms. The van der Waals surface area contributed by atoms with E-state index in [9.17, 15) is 9.59 Å². The standard InChI is InChI=1S/C9H11NO.C4H8O2/c10-9(11)7-6-8-4-2-1-3-5-8;1-2-3-4(5)6/h1-5H,6-7H2,(H2,10,11);2-3H2,1H3,(H,5,6). The Bertz CT molecular complexity index is 336. The zero-order valence-electron chi connectivity index (χ0n) is 10.1. The third-order valence-electron chi connectivity index (χ3n) is 1.97. The van der Waals surface area contributed by atoms with E-state index in [0.717, 1.165) is 18.4 Å². The first-order valence-electron chi connectivity index (χ1n) is 5.60. The molecule has 0 aliphatic rings. The predicted octanol–water partition coefficient (Wildman–Crippen LogP) is 1.98. The Morgan fingerprint density at radius 2 is 1.76 bits per heavy atom. The molecule has 1 rings (SSSR count). The van der Waals surface area contributed by atoms with E-state index >= 15 is 0 Å². The number of primary amides is 1. The van der Waals surface area contributed by atoms with Crippen LogP contribution in [-0.4, -0.2) is 17.0 Å². The van der Waals surface area contributed by atoms with Crippen LogP contribution in [0.15, 0.2) is 30.3 Å². The fourth-order valence-electron chi connectivity index (χ4n) is 1.13. The second-order valence-corrected chi connectivity index (χ2v) is 3.60. The van der Waals surface area contributed by atoms with Crippen molar-refractivity contribution in [3.05, 3.63) is 35.9 Å². The monoisotopic (exact) mass is 237 g/mol. The largest absolute Gasteiger partial charge is 0.481 e. The Morgan fingerprint density at radius 1 is 1.18 bits per heavy atom. The van der Waals surface area contributed by atoms with Crippen molar-refractivity contribution in [3.63, 3.8) is 0 Å². The summed E-state index contributed by atoms with van der Waals surface area (Å²) >= 11 is 0. The molecule has 1 aromatic carbocycles. The average molecular weight is 237 g/mol. The van der Waals surface area contributed by atoms with Crippen molar-refractivity contribution < 1.29 is 14.7 Å². The highest BCUT2D eigenvalue weighted by atomic mass is 16.4. The topological polar surface area (TPSA) is 80.4 Å². The Labute approximate surface area is 101 Å². The van der Waals surface area contributed by atoms with Crippen molar-refractivity contribution >= 4 is 11.9 Å². The van der Waals surface area contributed by atoms with Crippen LogP contribution in [0, 0.1) is 0 Å². The van der Waals surface area contributed by atoms with Gasteiger partial charge in [0, 0.05) is 12.8 Å². The zero-order chi connectivity index (χ0) is 13.1. The van der Waals surface area contributed by atoms with Crippen molar-refractivity contribution in [2.75, 3.05) is 0 Å². The number of nitrogens with two attached hydrogens (primary N) is 1. The van der Waals surface area contributed by atoms with Gasteiger partial charge in [0.05, 0.1) is 0 Å². The molecule has 0 heterocycles. The van der Waals surface area contributed by atoms with Crippen LogP contribution in [0.5, 0.6) is 0 Å². The highest BCUT2D eigenvalue weighted by Gasteiger charge is 1.94. The Hall–Kier alpha value is -1.84. The SMILES string of the molecule is CCCC(=O)O.NC(=O)CCc1ccccc1. The number of hydrogen-bond donors (Lipinski definition) is 2. The first-order chi connectivity index (χ1) is 8.06. The lowest BCUT2D eigenvalue weighted by atomic mass is 10.1. The molecule has 4 nitrogen and oxygen atoms in total. The molecule has 0 aromatic heterocycles. The molecule has 0 atom stereocenters. The molecule has 0 fully saturated rings. The minimum atomic E-state index is -0.711. The van der Waals surface area contributed by atoms with Gasteiger partial charge in [0.15, 0.2) is 0 Å². The van der Waals surface area contributed by atoms with Gasteiger partial charge in [0.25, 0.3) is 0 Å². The number of benzene rings is 1. The van der Waals surface area contributed by atoms with Gasteiger partial charge in [-0.3, -0.25) is 9.59 Å². The number of rotatable bonds is 5. The van der Waals surface area contributed by atoms with E-state index in [0.29, 0.717) is 12.8 Å². The fraction of sp³-hybridized carbons (Fsp3) is 0.385. The molecule has 0 spiro atoms. The second kappa shape index (κ2) is 9.39. The maximum absolute atomic E-state index is 10.4. The first kappa shape index (κ1) is 15.2. The van der Waals surface area contributed by atoms with E-state index in [2.05, 4.69) is 0 Å². The van der Waals surface area contributed by atoms with Crippen LogP contribution in [0.2, 0.25) is 0 Å². The van der Waals surface area contributed by atoms with Crippen LogP contribution < -0.4 is 5.73 Å². The summed E-state index contributed by atoms with van der Waals surface area (Å²) in [5, 5.41) is 7.91. The highest BCUT2D eigenvalue weighted by Crippen LogP contribution is 2.01. The summed E-state index contributed by atoms with van der Waals surface area (Å²) in [7, 11) is 0. The van der Waals surface area contributed by atoms with E-state index in [4.69, 9.17) is 10.8 Å². The van der Waals surface area contributed by atoms with Crippen LogP contribution in [-0.2, 0) is 16.0 Å². The quantitative estimate of drug-likeness (QED) is 0.821. The molecule has 0 aliphatic carbocycles. The third kappa shape index (κ3) is 10.4. The van der Waals surface area contributed by atoms with Crippen molar-refractivity contribution in [2.45, 2.75) is 32.6 Å². The molecule has 1 amide bonds. The van der Waals surface area contributed by atoms with Gasteiger partial charge < -0.3 is 10.8 Å². The van der Waals surface area contributed by atoms with Gasteiger partial charge in [-0.2, -0.15) is 0 Å². The van der Waals surface area contributed by atoms with Crippen molar-refractivity contribution in [2.24, 2.45) is 5.73 Å². The van der Waals surface area contributed by atoms with Gasteiger partial charge >= 0.3 is 5.97 Å². The number of aliphatic carboxylic acids is 1. The van der Waals surface area contributed by atoms with Gasteiger partial charge in [0.2, 0.25) is 5.91 Å². The van der Waals surface area contributed by atoms with Gasteiger partial charge in [-0.05, 0) is 18.4 Å². The lowest BCUT2D eigenvalue weighted by Crippen LogP contribution is -2.10. The Kier molecular flexibility index (Phi) is 8.37. The number of aryl methyl sites for hydroxylation is 1. The minimum Gasteiger partial charge on any atom is -0.481 e. The molecule has 0 saturated carbocycles. The number of carbonyl (C=O) groups is 2. The van der Waals surface area contributed by atoms with Gasteiger partial charge in [-0.1, -0.05) is 37.3 Å². The summed E-state index contributed by atoms with van der Waals surface area (Å²) in [6, 6.07) is 9.84. The molecule has 0 radical (unpaired) electrons. The third-order valence-corrected chi connectivity index (χ3v) is 1.97. The molecule has 3 N–H and O–H groups in total. The molecule has 94 valence electrons. The number of carboxylic acids is 1. The van der Waals surface area contributed by atoms with Gasteiger partial charge in [-0.25, -0.2) is 0 Å². The van der Waals surface area contributed by atoms with Gasteiger partial charge in [0.1, 0.15) is 0 Å². The summed E-state index contributed by atoms with van der Waals surface area (Å²) in [4.78, 5) is 20.0. The predicted molar refractivity (Wildman–Crippen MR) is 66.5 cm³/mol. The molecule has 0 bridgehead atoms. The normalized spacial score (nSPS) is 9.00. The first-order valence-corrected chi connectivity index (χ1v) is 5.60. The molecule has 17 heavy (non-hydrogen) atoms. The molecular formula is C13H19NO3. The smallest absolute Gasteiger partial charge is 0.303 e. The van der Waals surface area contributed by atoms with Gasteiger partial charge in [-0.15, -0.1) is 0 Å². The van der Waals surface area contributed by atoms with E-state index in [1.807, 2.05) is 37.3 Å². The summed E-state index contributed by atoms with van der Waals surface area (Å²) in [5.74, 6) is -0.952. The number of carbonyl (C=O) groups excluding carboxylic acids is 1. The lowest BCUT2D eigenvalue weighted by molar-refractivity contribution is -0.137. The van der Waals surface area contributed by atoms with Crippen LogP contribution in [0.4, 0.5) is 0 Å². The van der Waals surface area contributed by atoms with Crippen molar-refractivity contribution in [1.29, 1.82) is 0 Å². The summed E-state index contributed by atoms with van der Waals surface area (Å²) < 4.78 is 0. The molecule has 0 unspecified atom stereocenters. The van der Waals surface area contributed by atoms with E-state index < -0.39 is 5.97 Å². The van der Waals surface area contributed by atoms with Crippen LogP contribution in [0.25, 0.3) is 0 Å². The minimum absolute atomic E-state index is 0.242. The second-order valence-electron chi connectivity index (χ2n) is 3.60. The molecule has 0 aliphatic heterocycles. The fourth-order valence-corrected chi connectivity index (χ4v) is 1.13. The number of hydrogen-bond acceptors (Lipinski definition) is 2. The summed E-state index contributed by atoms with van der Waals surface area (Å²) in [6.07, 6.45) is 2.20. The summed E-state index contributed by atoms with van der Waals surface area (Å²) in [5.41, 5.74) is 6.16. The maximum Gasteiger partial charge on any atom is 0.303 e. The highest BCUT2D eigenvalue weighted by molar-refractivity contribution is 5.73. The van der Waals surface area contributed by atoms with Crippen molar-refractivity contribution in [1.82, 2.24) is 0 Å². The number of amides is 1. The van der Waals surface area contributed by atoms with Crippen LogP contribution in [0.1, 0.15) is 31.7 Å². The van der Waals surface area contributed by atoms with E-state index in [1.54, 1.807) is 0 Å². The van der Waals surface area contributed by atoms with Crippen molar-refractivity contribution in [3.8, 4) is 0 Å². The zero-order valence-corrected chi connectivity index (χ0v) is 10.1. The van der Waals surface area contributed by atoms with E-state index in [1.165, 1.54) is 0 Å². The lowest BCUT2D eigenvalue weighted by Gasteiger charge is -1.96. The maximum atomic E-state index is 10.4. The number of carboxylic acid groups (broad SMARTS) is 1. The summed E-state index contributed by atoms with van der Waals surface area (Å²) in [6.45, 7) is 1.84. The average Bonchev–Trinajstić information content (AvgIpc) is 2.28. The van der Waals surface area contributed by atoms with Crippen LogP contribution >= 0.6 is 0 Å². The molecule has 1 aromatic rings. The van der Waals surface area contributed by atoms with E-state index in [-0.39, 0.29) is 5.91 Å². The Morgan fingerprint density at radius 3 is 2.12 bits per heavy atom. The Balaban J connectivity index is 0.000000366. The molecular weight excluding hydrogens is 218 g/mol. The molecule has 0 saturated heterocycles. The van der Waals surface area contributed by atoms with Crippen LogP contribution in [0.3, 0.4) is 0 Å².